The van der Waals surface area contributed by atoms with E-state index >= 15 is 0 Å². The van der Waals surface area contributed by atoms with Gasteiger partial charge in [0.15, 0.2) is 5.82 Å². The average molecular weight is 380 g/mol. The molecule has 28 heavy (non-hydrogen) atoms. The van der Waals surface area contributed by atoms with E-state index in [9.17, 15) is 19.7 Å². The van der Waals surface area contributed by atoms with Gasteiger partial charge >= 0.3 is 0 Å². The van der Waals surface area contributed by atoms with E-state index in [1.54, 1.807) is 38.2 Å². The molecule has 2 heterocycles. The Morgan fingerprint density at radius 2 is 1.96 bits per heavy atom. The SMILES string of the molecule is CC1=NN(c2ccccn2)C(=O)/C1=C(/C)NNC(=O)c1cccc([N+](=O)[O-])c1. The number of aromatic nitrogens is 1. The van der Waals surface area contributed by atoms with Crippen LogP contribution in [0.4, 0.5) is 11.5 Å². The van der Waals surface area contributed by atoms with Gasteiger partial charge in [-0.05, 0) is 32.0 Å². The number of pyridine rings is 1. The third-order valence-corrected chi connectivity index (χ3v) is 3.94. The number of hydrogen-bond donors (Lipinski definition) is 2. The van der Waals surface area contributed by atoms with Crippen LogP contribution in [0.2, 0.25) is 0 Å². The fourth-order valence-electron chi connectivity index (χ4n) is 2.62. The molecule has 0 unspecified atom stereocenters. The first-order valence-electron chi connectivity index (χ1n) is 8.21. The molecular formula is C18H16N6O4. The van der Waals surface area contributed by atoms with E-state index < -0.39 is 10.8 Å². The summed E-state index contributed by atoms with van der Waals surface area (Å²) in [6.45, 7) is 3.28. The number of nitro groups is 1. The van der Waals surface area contributed by atoms with Crippen LogP contribution >= 0.6 is 0 Å². The van der Waals surface area contributed by atoms with Crippen LogP contribution in [0.1, 0.15) is 24.2 Å². The zero-order valence-electron chi connectivity index (χ0n) is 15.0. The van der Waals surface area contributed by atoms with Gasteiger partial charge in [0, 0.05) is 29.6 Å². The Morgan fingerprint density at radius 1 is 1.18 bits per heavy atom. The van der Waals surface area contributed by atoms with Gasteiger partial charge in [-0.3, -0.25) is 25.1 Å². The molecule has 1 aromatic carbocycles. The summed E-state index contributed by atoms with van der Waals surface area (Å²) >= 11 is 0. The molecule has 2 N–H and O–H groups in total. The minimum atomic E-state index is -0.583. The summed E-state index contributed by atoms with van der Waals surface area (Å²) in [6, 6.07) is 10.4. The van der Waals surface area contributed by atoms with Crippen LogP contribution in [0.25, 0.3) is 0 Å². The third-order valence-electron chi connectivity index (χ3n) is 3.94. The highest BCUT2D eigenvalue weighted by Gasteiger charge is 2.31. The first-order chi connectivity index (χ1) is 13.4. The van der Waals surface area contributed by atoms with Gasteiger partial charge in [0.25, 0.3) is 17.5 Å². The molecule has 142 valence electrons. The Kier molecular flexibility index (Phi) is 5.12. The number of hydrogen-bond acceptors (Lipinski definition) is 7. The van der Waals surface area contributed by atoms with E-state index in [2.05, 4.69) is 20.9 Å². The Hall–Kier alpha value is -4.08. The number of non-ortho nitro benzene ring substituents is 1. The molecule has 0 fully saturated rings. The highest BCUT2D eigenvalue weighted by atomic mass is 16.6. The summed E-state index contributed by atoms with van der Waals surface area (Å²) in [7, 11) is 0. The maximum absolute atomic E-state index is 12.7. The highest BCUT2D eigenvalue weighted by Crippen LogP contribution is 2.22. The lowest BCUT2D eigenvalue weighted by Crippen LogP contribution is -2.37. The standard InChI is InChI=1S/C18H16N6O4/c1-11(20-21-17(25)13-6-5-7-14(10-13)24(27)28)16-12(2)22-23(18(16)26)15-8-3-4-9-19-15/h3-10,20H,1-2H3,(H,21,25)/b16-11-. The van der Waals surface area contributed by atoms with Gasteiger partial charge in [-0.25, -0.2) is 4.98 Å². The number of hydrazine groups is 1. The zero-order valence-corrected chi connectivity index (χ0v) is 15.0. The zero-order chi connectivity index (χ0) is 20.3. The molecule has 10 heteroatoms. The molecule has 0 saturated heterocycles. The number of benzene rings is 1. The fraction of sp³-hybridized carbons (Fsp3) is 0.111. The van der Waals surface area contributed by atoms with Crippen molar-refractivity contribution in [2.24, 2.45) is 5.10 Å². The van der Waals surface area contributed by atoms with Crippen molar-refractivity contribution in [3.8, 4) is 0 Å². The molecular weight excluding hydrogens is 364 g/mol. The van der Waals surface area contributed by atoms with Gasteiger partial charge in [-0.15, -0.1) is 0 Å². The summed E-state index contributed by atoms with van der Waals surface area (Å²) < 4.78 is 0. The third kappa shape index (κ3) is 3.70. The highest BCUT2D eigenvalue weighted by molar-refractivity contribution is 6.29. The van der Waals surface area contributed by atoms with Crippen molar-refractivity contribution in [3.63, 3.8) is 0 Å². The number of carbonyl (C=O) groups is 2. The van der Waals surface area contributed by atoms with Crippen molar-refractivity contribution in [1.29, 1.82) is 0 Å². The minimum Gasteiger partial charge on any atom is -0.302 e. The first-order valence-corrected chi connectivity index (χ1v) is 8.21. The molecule has 1 aromatic heterocycles. The van der Waals surface area contributed by atoms with Gasteiger partial charge in [0.05, 0.1) is 16.2 Å². The molecule has 0 atom stereocenters. The van der Waals surface area contributed by atoms with Gasteiger partial charge in [0.2, 0.25) is 0 Å². The number of carbonyl (C=O) groups excluding carboxylic acids is 2. The Balaban J connectivity index is 1.74. The van der Waals surface area contributed by atoms with Crippen LogP contribution in [0.15, 0.2) is 65.0 Å². The first kappa shape index (κ1) is 18.7. The van der Waals surface area contributed by atoms with Crippen LogP contribution in [-0.4, -0.2) is 27.4 Å². The summed E-state index contributed by atoms with van der Waals surface area (Å²) in [4.78, 5) is 39.3. The molecule has 1 aliphatic rings. The van der Waals surface area contributed by atoms with Gasteiger partial charge in [-0.2, -0.15) is 10.1 Å². The van der Waals surface area contributed by atoms with Crippen LogP contribution in [0.5, 0.6) is 0 Å². The van der Waals surface area contributed by atoms with Crippen LogP contribution in [-0.2, 0) is 4.79 Å². The van der Waals surface area contributed by atoms with E-state index in [-0.39, 0.29) is 17.2 Å². The fourth-order valence-corrected chi connectivity index (χ4v) is 2.62. The maximum Gasteiger partial charge on any atom is 0.283 e. The van der Waals surface area contributed by atoms with E-state index in [1.807, 2.05) is 0 Å². The molecule has 2 aromatic rings. The normalized spacial score (nSPS) is 15.1. The van der Waals surface area contributed by atoms with Crippen molar-refractivity contribution in [2.45, 2.75) is 13.8 Å². The second-order valence-electron chi connectivity index (χ2n) is 5.88. The quantitative estimate of drug-likeness (QED) is 0.463. The van der Waals surface area contributed by atoms with Crippen molar-refractivity contribution in [2.75, 3.05) is 5.01 Å². The smallest absolute Gasteiger partial charge is 0.283 e. The van der Waals surface area contributed by atoms with Crippen LogP contribution in [0, 0.1) is 10.1 Å². The second-order valence-corrected chi connectivity index (χ2v) is 5.88. The number of nitrogens with one attached hydrogen (secondary N) is 2. The van der Waals surface area contributed by atoms with Gasteiger partial charge < -0.3 is 5.43 Å². The lowest BCUT2D eigenvalue weighted by Gasteiger charge is -2.13. The van der Waals surface area contributed by atoms with E-state index in [0.29, 0.717) is 22.8 Å². The van der Waals surface area contributed by atoms with Crippen molar-refractivity contribution in [1.82, 2.24) is 15.8 Å². The number of allylic oxidation sites excluding steroid dienone is 1. The van der Waals surface area contributed by atoms with Gasteiger partial charge in [-0.1, -0.05) is 12.1 Å². The number of nitrogens with zero attached hydrogens (tertiary/aromatic N) is 4. The summed E-state index contributed by atoms with van der Waals surface area (Å²) in [5.41, 5.74) is 6.15. The topological polar surface area (TPSA) is 130 Å². The molecule has 10 nitrogen and oxygen atoms in total. The van der Waals surface area contributed by atoms with E-state index in [4.69, 9.17) is 0 Å². The molecule has 0 aliphatic carbocycles. The minimum absolute atomic E-state index is 0.109. The number of anilines is 1. The Morgan fingerprint density at radius 3 is 2.64 bits per heavy atom. The number of rotatable bonds is 5. The molecule has 0 spiro atoms. The molecule has 2 amide bonds. The molecule has 0 radical (unpaired) electrons. The monoisotopic (exact) mass is 380 g/mol. The largest absolute Gasteiger partial charge is 0.302 e. The van der Waals surface area contributed by atoms with Crippen LogP contribution in [0.3, 0.4) is 0 Å². The predicted molar refractivity (Wildman–Crippen MR) is 101 cm³/mol. The summed E-state index contributed by atoms with van der Waals surface area (Å²) in [6.07, 6.45) is 1.56. The lowest BCUT2D eigenvalue weighted by molar-refractivity contribution is -0.384. The number of amides is 2. The van der Waals surface area contributed by atoms with Crippen molar-refractivity contribution >= 4 is 29.0 Å². The number of nitro benzene ring substituents is 1. The molecule has 3 rings (SSSR count). The number of hydrazone groups is 1. The summed E-state index contributed by atoms with van der Waals surface area (Å²) in [5.74, 6) is -0.577. The molecule has 0 bridgehead atoms. The van der Waals surface area contributed by atoms with Crippen molar-refractivity contribution < 1.29 is 14.5 Å². The average Bonchev–Trinajstić information content (AvgIpc) is 3.00. The van der Waals surface area contributed by atoms with E-state index in [0.717, 1.165) is 6.07 Å². The van der Waals surface area contributed by atoms with Crippen molar-refractivity contribution in [3.05, 3.63) is 75.6 Å². The Labute approximate surface area is 159 Å². The molecule has 0 saturated carbocycles. The second kappa shape index (κ2) is 7.66. The van der Waals surface area contributed by atoms with Gasteiger partial charge in [0.1, 0.15) is 0 Å². The van der Waals surface area contributed by atoms with E-state index in [1.165, 1.54) is 23.2 Å². The molecule has 1 aliphatic heterocycles. The Bertz CT molecular complexity index is 1020. The maximum atomic E-state index is 12.7. The summed E-state index contributed by atoms with van der Waals surface area (Å²) in [5, 5.41) is 16.2. The predicted octanol–water partition coefficient (Wildman–Crippen LogP) is 1.92. The lowest BCUT2D eigenvalue weighted by atomic mass is 10.1. The van der Waals surface area contributed by atoms with Crippen LogP contribution < -0.4 is 15.9 Å².